The highest BCUT2D eigenvalue weighted by molar-refractivity contribution is 5.92. The molecule has 5 nitrogen and oxygen atoms in total. The first kappa shape index (κ1) is 18.1. The molecule has 0 radical (unpaired) electrons. The van der Waals surface area contributed by atoms with Gasteiger partial charge in [0, 0.05) is 13.5 Å². The molecular formula is C20H22FN3O2. The summed E-state index contributed by atoms with van der Waals surface area (Å²) in [5.41, 5.74) is 2.59. The van der Waals surface area contributed by atoms with Gasteiger partial charge in [0.15, 0.2) is 0 Å². The monoisotopic (exact) mass is 355 g/mol. The van der Waals surface area contributed by atoms with Crippen LogP contribution in [0.3, 0.4) is 0 Å². The molecule has 2 amide bonds. The van der Waals surface area contributed by atoms with Crippen molar-refractivity contribution in [1.82, 2.24) is 10.6 Å². The van der Waals surface area contributed by atoms with Crippen molar-refractivity contribution < 1.29 is 14.0 Å². The van der Waals surface area contributed by atoms with E-state index in [2.05, 4.69) is 16.0 Å². The van der Waals surface area contributed by atoms with Crippen LogP contribution in [-0.4, -0.2) is 18.4 Å². The fourth-order valence-electron chi connectivity index (χ4n) is 3.20. The second kappa shape index (κ2) is 8.10. The van der Waals surface area contributed by atoms with Crippen molar-refractivity contribution in [2.45, 2.75) is 32.4 Å². The molecule has 0 aromatic heterocycles. The van der Waals surface area contributed by atoms with Crippen LogP contribution in [0.2, 0.25) is 0 Å². The average molecular weight is 355 g/mol. The standard InChI is InChI=1S/C20H22FN3O2/c1-13(25)23-18(14-5-3-2-4-6-14)11-19(26)24-17-8-7-15-12-22-10-9-16(15)20(17)21/h2-8,18,22H,9-12H2,1H3,(H,23,25)(H,24,26). The maximum atomic E-state index is 14.7. The van der Waals surface area contributed by atoms with Gasteiger partial charge < -0.3 is 16.0 Å². The van der Waals surface area contributed by atoms with Crippen LogP contribution >= 0.6 is 0 Å². The summed E-state index contributed by atoms with van der Waals surface area (Å²) in [5, 5.41) is 8.62. The number of anilines is 1. The summed E-state index contributed by atoms with van der Waals surface area (Å²) in [6, 6.07) is 12.2. The van der Waals surface area contributed by atoms with E-state index in [0.717, 1.165) is 17.7 Å². The summed E-state index contributed by atoms with van der Waals surface area (Å²) >= 11 is 0. The Kier molecular flexibility index (Phi) is 5.63. The summed E-state index contributed by atoms with van der Waals surface area (Å²) < 4.78 is 14.7. The average Bonchev–Trinajstić information content (AvgIpc) is 2.64. The quantitative estimate of drug-likeness (QED) is 0.772. The number of amides is 2. The molecule has 1 atom stereocenters. The molecule has 0 bridgehead atoms. The Labute approximate surface area is 152 Å². The molecule has 1 aliphatic rings. The summed E-state index contributed by atoms with van der Waals surface area (Å²) in [7, 11) is 0. The Hall–Kier alpha value is -2.73. The number of carbonyl (C=O) groups excluding carboxylic acids is 2. The number of rotatable bonds is 5. The number of fused-ring (bicyclic) bond motifs is 1. The largest absolute Gasteiger partial charge is 0.349 e. The van der Waals surface area contributed by atoms with E-state index in [4.69, 9.17) is 0 Å². The Morgan fingerprint density at radius 2 is 1.96 bits per heavy atom. The molecule has 136 valence electrons. The maximum Gasteiger partial charge on any atom is 0.226 e. The van der Waals surface area contributed by atoms with Gasteiger partial charge in [-0.25, -0.2) is 4.39 Å². The minimum atomic E-state index is -0.460. The lowest BCUT2D eigenvalue weighted by Crippen LogP contribution is -2.30. The molecule has 0 saturated carbocycles. The second-order valence-electron chi connectivity index (χ2n) is 6.41. The molecule has 0 aliphatic carbocycles. The molecule has 1 unspecified atom stereocenters. The minimum Gasteiger partial charge on any atom is -0.349 e. The molecule has 2 aromatic rings. The Morgan fingerprint density at radius 3 is 2.69 bits per heavy atom. The van der Waals surface area contributed by atoms with Gasteiger partial charge in [-0.05, 0) is 35.7 Å². The van der Waals surface area contributed by atoms with Gasteiger partial charge in [0.1, 0.15) is 5.82 Å². The van der Waals surface area contributed by atoms with Crippen molar-refractivity contribution in [2.75, 3.05) is 11.9 Å². The summed E-state index contributed by atoms with van der Waals surface area (Å²) in [5.74, 6) is -0.937. The zero-order valence-corrected chi connectivity index (χ0v) is 14.6. The van der Waals surface area contributed by atoms with E-state index < -0.39 is 6.04 Å². The molecule has 1 heterocycles. The van der Waals surface area contributed by atoms with E-state index in [0.29, 0.717) is 18.5 Å². The Balaban J connectivity index is 1.73. The Bertz CT molecular complexity index is 808. The van der Waals surface area contributed by atoms with E-state index >= 15 is 0 Å². The van der Waals surface area contributed by atoms with Crippen LogP contribution in [0.1, 0.15) is 36.1 Å². The third kappa shape index (κ3) is 4.26. The highest BCUT2D eigenvalue weighted by atomic mass is 19.1. The minimum absolute atomic E-state index is 0.0294. The fourth-order valence-corrected chi connectivity index (χ4v) is 3.20. The van der Waals surface area contributed by atoms with Gasteiger partial charge in [-0.15, -0.1) is 0 Å². The van der Waals surface area contributed by atoms with Crippen LogP contribution < -0.4 is 16.0 Å². The van der Waals surface area contributed by atoms with Crippen LogP contribution in [0.25, 0.3) is 0 Å². The van der Waals surface area contributed by atoms with Gasteiger partial charge in [0.05, 0.1) is 18.2 Å². The number of benzene rings is 2. The molecular weight excluding hydrogens is 333 g/mol. The summed E-state index contributed by atoms with van der Waals surface area (Å²) in [6.07, 6.45) is 0.630. The van der Waals surface area contributed by atoms with Gasteiger partial charge in [0.25, 0.3) is 0 Å². The van der Waals surface area contributed by atoms with Crippen molar-refractivity contribution in [1.29, 1.82) is 0 Å². The lowest BCUT2D eigenvalue weighted by Gasteiger charge is -2.21. The molecule has 3 rings (SSSR count). The third-order valence-electron chi connectivity index (χ3n) is 4.45. The molecule has 6 heteroatoms. The molecule has 1 aliphatic heterocycles. The van der Waals surface area contributed by atoms with Crippen LogP contribution in [-0.2, 0) is 22.6 Å². The molecule has 0 spiro atoms. The lowest BCUT2D eigenvalue weighted by molar-refractivity contribution is -0.120. The van der Waals surface area contributed by atoms with Crippen molar-refractivity contribution in [3.05, 3.63) is 65.0 Å². The zero-order valence-electron chi connectivity index (χ0n) is 14.6. The van der Waals surface area contributed by atoms with Gasteiger partial charge in [-0.2, -0.15) is 0 Å². The Morgan fingerprint density at radius 1 is 1.19 bits per heavy atom. The van der Waals surface area contributed by atoms with Crippen LogP contribution in [0.15, 0.2) is 42.5 Å². The number of hydrogen-bond acceptors (Lipinski definition) is 3. The molecule has 2 aromatic carbocycles. The van der Waals surface area contributed by atoms with E-state index in [1.165, 1.54) is 6.92 Å². The van der Waals surface area contributed by atoms with E-state index in [1.807, 2.05) is 36.4 Å². The summed E-state index contributed by atoms with van der Waals surface area (Å²) in [4.78, 5) is 23.9. The first-order valence-corrected chi connectivity index (χ1v) is 8.67. The summed E-state index contributed by atoms with van der Waals surface area (Å²) in [6.45, 7) is 2.77. The normalized spacial score (nSPS) is 14.2. The molecule has 0 fully saturated rings. The van der Waals surface area contributed by atoms with Crippen LogP contribution in [0.4, 0.5) is 10.1 Å². The SMILES string of the molecule is CC(=O)NC(CC(=O)Nc1ccc2c(c1F)CCNC2)c1ccccc1. The second-order valence-corrected chi connectivity index (χ2v) is 6.41. The van der Waals surface area contributed by atoms with Crippen LogP contribution in [0, 0.1) is 5.82 Å². The first-order chi connectivity index (χ1) is 12.5. The van der Waals surface area contributed by atoms with Crippen LogP contribution in [0.5, 0.6) is 0 Å². The highest BCUT2D eigenvalue weighted by Crippen LogP contribution is 2.25. The van der Waals surface area contributed by atoms with Crippen molar-refractivity contribution >= 4 is 17.5 Å². The van der Waals surface area contributed by atoms with Gasteiger partial charge >= 0.3 is 0 Å². The third-order valence-corrected chi connectivity index (χ3v) is 4.45. The molecule has 0 saturated heterocycles. The van der Waals surface area contributed by atoms with Gasteiger partial charge in [-0.3, -0.25) is 9.59 Å². The van der Waals surface area contributed by atoms with Crippen molar-refractivity contribution in [3.63, 3.8) is 0 Å². The highest BCUT2D eigenvalue weighted by Gasteiger charge is 2.20. The molecule has 26 heavy (non-hydrogen) atoms. The predicted octanol–water partition coefficient (Wildman–Crippen LogP) is 2.68. The van der Waals surface area contributed by atoms with Gasteiger partial charge in [-0.1, -0.05) is 36.4 Å². The first-order valence-electron chi connectivity index (χ1n) is 8.67. The topological polar surface area (TPSA) is 70.2 Å². The number of halogens is 1. The van der Waals surface area contributed by atoms with Crippen molar-refractivity contribution in [2.24, 2.45) is 0 Å². The van der Waals surface area contributed by atoms with E-state index in [1.54, 1.807) is 6.07 Å². The maximum absolute atomic E-state index is 14.7. The fraction of sp³-hybridized carbons (Fsp3) is 0.300. The van der Waals surface area contributed by atoms with E-state index in [9.17, 15) is 14.0 Å². The molecule has 3 N–H and O–H groups in total. The number of carbonyl (C=O) groups is 2. The van der Waals surface area contributed by atoms with E-state index in [-0.39, 0.29) is 29.7 Å². The number of hydrogen-bond donors (Lipinski definition) is 3. The lowest BCUT2D eigenvalue weighted by atomic mass is 9.99. The predicted molar refractivity (Wildman–Crippen MR) is 98.1 cm³/mol. The zero-order chi connectivity index (χ0) is 18.5. The number of nitrogens with one attached hydrogen (secondary N) is 3. The van der Waals surface area contributed by atoms with Gasteiger partial charge in [0.2, 0.25) is 11.8 Å². The smallest absolute Gasteiger partial charge is 0.226 e. The van der Waals surface area contributed by atoms with Crippen molar-refractivity contribution in [3.8, 4) is 0 Å².